The molecule has 0 atom stereocenters. The van der Waals surface area contributed by atoms with Crippen LogP contribution in [0.1, 0.15) is 40.9 Å². The van der Waals surface area contributed by atoms with E-state index in [4.69, 9.17) is 5.73 Å². The molecule has 1 heterocycles. The molecule has 1 fully saturated rings. The zero-order valence-corrected chi connectivity index (χ0v) is 20.2. The number of nitroso groups, excluding NO2 is 1. The molecule has 10 nitrogen and oxygen atoms in total. The van der Waals surface area contributed by atoms with Crippen molar-refractivity contribution in [3.63, 3.8) is 0 Å². The second kappa shape index (κ2) is 9.84. The summed E-state index contributed by atoms with van der Waals surface area (Å²) in [6.07, 6.45) is 1.79. The molecule has 0 radical (unpaired) electrons. The van der Waals surface area contributed by atoms with Crippen molar-refractivity contribution in [1.29, 1.82) is 0 Å². The zero-order chi connectivity index (χ0) is 26.9. The van der Waals surface area contributed by atoms with E-state index in [2.05, 4.69) is 10.2 Å². The van der Waals surface area contributed by atoms with Crippen LogP contribution in [-0.4, -0.2) is 65.8 Å². The molecule has 0 spiro atoms. The van der Waals surface area contributed by atoms with Crippen LogP contribution in [0, 0.1) is 10.7 Å². The molecule has 2 aromatic carbocycles. The number of nitrogens with two attached hydrogens (primary N) is 1. The number of halogens is 1. The minimum Gasteiger partial charge on any atom is -0.383 e. The van der Waals surface area contributed by atoms with Gasteiger partial charge in [-0.1, -0.05) is 26.0 Å². The molecule has 37 heavy (non-hydrogen) atoms. The number of aliphatic imine (C=N–C) groups is 1. The average molecular weight is 506 g/mol. The van der Waals surface area contributed by atoms with Crippen molar-refractivity contribution in [2.75, 3.05) is 26.2 Å². The van der Waals surface area contributed by atoms with E-state index in [1.54, 1.807) is 26.0 Å². The van der Waals surface area contributed by atoms with Crippen molar-refractivity contribution < 1.29 is 23.6 Å². The number of hydrogen-bond donors (Lipinski definition) is 1. The summed E-state index contributed by atoms with van der Waals surface area (Å²) in [5, 5.41) is 2.84. The summed E-state index contributed by atoms with van der Waals surface area (Å²) in [4.78, 5) is 67.2. The third-order valence-corrected chi connectivity index (χ3v) is 6.53. The quantitative estimate of drug-likeness (QED) is 0.210. The summed E-state index contributed by atoms with van der Waals surface area (Å²) in [7, 11) is 0. The van der Waals surface area contributed by atoms with E-state index < -0.39 is 22.9 Å². The van der Waals surface area contributed by atoms with Crippen LogP contribution in [0.4, 0.5) is 10.1 Å². The monoisotopic (exact) mass is 505 g/mol. The molecule has 2 aliphatic rings. The van der Waals surface area contributed by atoms with Crippen LogP contribution >= 0.6 is 0 Å². The van der Waals surface area contributed by atoms with Gasteiger partial charge in [-0.25, -0.2) is 4.39 Å². The molecule has 4 rings (SSSR count). The Bertz CT molecular complexity index is 1390. The second-order valence-corrected chi connectivity index (χ2v) is 9.30. The van der Waals surface area contributed by atoms with E-state index in [9.17, 15) is 28.5 Å². The van der Waals surface area contributed by atoms with Gasteiger partial charge in [0.25, 0.3) is 17.6 Å². The Morgan fingerprint density at radius 2 is 1.73 bits per heavy atom. The predicted molar refractivity (Wildman–Crippen MR) is 134 cm³/mol. The predicted octanol–water partition coefficient (Wildman–Crippen LogP) is 2.31. The van der Waals surface area contributed by atoms with E-state index in [1.807, 2.05) is 0 Å². The van der Waals surface area contributed by atoms with Crippen molar-refractivity contribution in [3.05, 3.63) is 75.5 Å². The van der Waals surface area contributed by atoms with Crippen LogP contribution in [0.25, 0.3) is 5.57 Å². The molecule has 2 aromatic rings. The number of Topliss-reactive ketones (excluding diaryl/α,β-unsaturated/α-hetero) is 1. The maximum atomic E-state index is 15.0. The van der Waals surface area contributed by atoms with E-state index in [1.165, 1.54) is 34.1 Å². The van der Waals surface area contributed by atoms with Gasteiger partial charge in [0.1, 0.15) is 17.3 Å². The summed E-state index contributed by atoms with van der Waals surface area (Å²) in [5.74, 6) is -2.82. The number of piperazine rings is 1. The maximum absolute atomic E-state index is 15.0. The maximum Gasteiger partial charge on any atom is 0.295 e. The lowest BCUT2D eigenvalue weighted by molar-refractivity contribution is -0.142. The molecule has 1 aliphatic carbocycles. The zero-order valence-electron chi connectivity index (χ0n) is 20.2. The molecule has 0 aromatic heterocycles. The highest BCUT2D eigenvalue weighted by molar-refractivity contribution is 6.54. The third kappa shape index (κ3) is 4.67. The molecule has 190 valence electrons. The van der Waals surface area contributed by atoms with Gasteiger partial charge >= 0.3 is 0 Å². The van der Waals surface area contributed by atoms with Crippen molar-refractivity contribution in [3.8, 4) is 0 Å². The van der Waals surface area contributed by atoms with Gasteiger partial charge in [0.2, 0.25) is 6.41 Å². The summed E-state index contributed by atoms with van der Waals surface area (Å²) in [6, 6.07) is 8.50. The van der Waals surface area contributed by atoms with E-state index >= 15 is 0 Å². The van der Waals surface area contributed by atoms with Gasteiger partial charge in [0.05, 0.1) is 0 Å². The lowest BCUT2D eigenvalue weighted by Crippen LogP contribution is -2.52. The van der Waals surface area contributed by atoms with Crippen molar-refractivity contribution in [1.82, 2.24) is 9.80 Å². The number of rotatable bonds is 6. The number of hydrogen-bond acceptors (Lipinski definition) is 6. The number of amidine groups is 1. The van der Waals surface area contributed by atoms with Crippen LogP contribution in [0.2, 0.25) is 0 Å². The fourth-order valence-corrected chi connectivity index (χ4v) is 4.78. The van der Waals surface area contributed by atoms with Crippen LogP contribution < -0.4 is 5.73 Å². The Kier molecular flexibility index (Phi) is 6.80. The molecule has 3 amide bonds. The lowest BCUT2D eigenvalue weighted by Gasteiger charge is -2.34. The highest BCUT2D eigenvalue weighted by Crippen LogP contribution is 2.44. The van der Waals surface area contributed by atoms with Crippen molar-refractivity contribution in [2.24, 2.45) is 15.9 Å². The number of carbonyl (C=O) groups excluding carboxylic acids is 4. The topological polar surface area (TPSA) is 143 Å². The molecule has 2 N–H and O–H groups in total. The van der Waals surface area contributed by atoms with Crippen LogP contribution in [-0.2, 0) is 19.8 Å². The molecular formula is C26H24FN5O5. The molecule has 0 bridgehead atoms. The smallest absolute Gasteiger partial charge is 0.295 e. The molecular weight excluding hydrogens is 481 g/mol. The highest BCUT2D eigenvalue weighted by atomic mass is 19.1. The Balaban J connectivity index is 1.53. The number of carbonyl (C=O) groups is 4. The summed E-state index contributed by atoms with van der Waals surface area (Å²) >= 11 is 0. The first-order valence-corrected chi connectivity index (χ1v) is 11.5. The second-order valence-electron chi connectivity index (χ2n) is 9.30. The minimum atomic E-state index is -0.877. The third-order valence-electron chi connectivity index (χ3n) is 6.53. The fourth-order valence-electron chi connectivity index (χ4n) is 4.78. The number of amides is 3. The van der Waals surface area contributed by atoms with E-state index in [0.717, 1.165) is 6.07 Å². The summed E-state index contributed by atoms with van der Waals surface area (Å²) in [5.41, 5.74) is 6.02. The Labute approximate surface area is 211 Å². The van der Waals surface area contributed by atoms with Crippen LogP contribution in [0.5, 0.6) is 0 Å². The molecule has 1 aliphatic heterocycles. The fraction of sp³-hybridized carbons (Fsp3) is 0.269. The van der Waals surface area contributed by atoms with Crippen LogP contribution in [0.15, 0.2) is 52.6 Å². The Morgan fingerprint density at radius 3 is 2.38 bits per heavy atom. The van der Waals surface area contributed by atoms with E-state index in [-0.39, 0.29) is 61.2 Å². The number of nitrogens with zero attached hydrogens (tertiary/aromatic N) is 4. The number of benzene rings is 2. The molecule has 1 saturated heterocycles. The SMILES string of the molecule is CC1(C)C=C(C(=O)C(=O)N2CCN(C(=O)c3cccc(N=O)c3)CC2)c2c(F)ccc(C(N)=NC=O)c21. The van der Waals surface area contributed by atoms with Gasteiger partial charge in [-0.05, 0) is 41.1 Å². The Morgan fingerprint density at radius 1 is 1.05 bits per heavy atom. The average Bonchev–Trinajstić information content (AvgIpc) is 3.19. The molecule has 11 heteroatoms. The van der Waals surface area contributed by atoms with Crippen molar-refractivity contribution >= 4 is 41.1 Å². The first-order chi connectivity index (χ1) is 17.6. The summed E-state index contributed by atoms with van der Waals surface area (Å²) in [6.45, 7) is 4.05. The molecule has 0 unspecified atom stereocenters. The number of ketones is 1. The van der Waals surface area contributed by atoms with Gasteiger partial charge < -0.3 is 15.5 Å². The first kappa shape index (κ1) is 25.5. The van der Waals surface area contributed by atoms with Crippen molar-refractivity contribution in [2.45, 2.75) is 19.3 Å². The van der Waals surface area contributed by atoms with Gasteiger partial charge in [0.15, 0.2) is 0 Å². The van der Waals surface area contributed by atoms with Crippen LogP contribution in [0.3, 0.4) is 0 Å². The first-order valence-electron chi connectivity index (χ1n) is 11.5. The summed E-state index contributed by atoms with van der Waals surface area (Å²) < 4.78 is 15.0. The van der Waals surface area contributed by atoms with Gasteiger partial charge in [0, 0.05) is 53.9 Å². The minimum absolute atomic E-state index is 0.0395. The van der Waals surface area contributed by atoms with Gasteiger partial charge in [-0.3, -0.25) is 19.2 Å². The Hall–Kier alpha value is -4.54. The highest BCUT2D eigenvalue weighted by Gasteiger charge is 2.40. The normalized spacial score (nSPS) is 16.6. The van der Waals surface area contributed by atoms with Gasteiger partial charge in [-0.15, -0.1) is 4.91 Å². The van der Waals surface area contributed by atoms with Gasteiger partial charge in [-0.2, -0.15) is 4.99 Å². The number of allylic oxidation sites excluding steroid dienone is 1. The standard InChI is InChI=1S/C26H24FN5O5/c1-26(2)13-18(20-19(27)7-6-17(21(20)26)23(28)29-14-33)22(34)25(36)32-10-8-31(9-11-32)24(35)15-4-3-5-16(12-15)30-37/h3-7,12-14H,8-11H2,1-2H3,(H2,28,29,33). The largest absolute Gasteiger partial charge is 0.383 e. The number of fused-ring (bicyclic) bond motifs is 1. The lowest BCUT2D eigenvalue weighted by atomic mass is 9.83. The van der Waals surface area contributed by atoms with E-state index in [0.29, 0.717) is 16.7 Å². The molecule has 0 saturated carbocycles.